The van der Waals surface area contributed by atoms with Crippen LogP contribution in [0.4, 0.5) is 10.5 Å². The SMILES string of the molecule is CCOC(=O)C1=C(COC(=O)c2ccccc2NC(=O)c2ccccc2)NC(=O)N[C@H]1C. The Bertz CT molecular complexity index is 1060. The Morgan fingerprint density at radius 3 is 2.38 bits per heavy atom. The first-order valence-corrected chi connectivity index (χ1v) is 10.0. The summed E-state index contributed by atoms with van der Waals surface area (Å²) in [6, 6.07) is 13.8. The Kier molecular flexibility index (Phi) is 7.22. The van der Waals surface area contributed by atoms with Crippen LogP contribution in [0.1, 0.15) is 34.6 Å². The molecule has 0 aromatic heterocycles. The molecule has 166 valence electrons. The van der Waals surface area contributed by atoms with E-state index in [0.717, 1.165) is 0 Å². The molecule has 2 aromatic rings. The van der Waals surface area contributed by atoms with Gasteiger partial charge in [-0.1, -0.05) is 30.3 Å². The second-order valence-corrected chi connectivity index (χ2v) is 6.87. The maximum absolute atomic E-state index is 12.8. The van der Waals surface area contributed by atoms with Gasteiger partial charge in [0.15, 0.2) is 0 Å². The van der Waals surface area contributed by atoms with E-state index in [9.17, 15) is 19.2 Å². The van der Waals surface area contributed by atoms with E-state index in [-0.39, 0.29) is 41.6 Å². The predicted octanol–water partition coefficient (Wildman–Crippen LogP) is 2.61. The smallest absolute Gasteiger partial charge is 0.340 e. The topological polar surface area (TPSA) is 123 Å². The van der Waals surface area contributed by atoms with Crippen molar-refractivity contribution in [2.75, 3.05) is 18.5 Å². The standard InChI is InChI=1S/C23H23N3O6/c1-3-31-22(29)19-14(2)24-23(30)26-18(19)13-32-21(28)16-11-7-8-12-17(16)25-20(27)15-9-5-4-6-10-15/h4-12,14H,3,13H2,1-2H3,(H,25,27)(H2,24,26,30)/t14-/m0/s1. The van der Waals surface area contributed by atoms with Gasteiger partial charge in [0, 0.05) is 5.56 Å². The number of hydrogen-bond acceptors (Lipinski definition) is 6. The van der Waals surface area contributed by atoms with Gasteiger partial charge in [-0.3, -0.25) is 4.79 Å². The van der Waals surface area contributed by atoms with E-state index in [2.05, 4.69) is 16.0 Å². The lowest BCUT2D eigenvalue weighted by Gasteiger charge is -2.26. The molecular formula is C23H23N3O6. The number of rotatable bonds is 7. The Morgan fingerprint density at radius 2 is 1.66 bits per heavy atom. The fourth-order valence-electron chi connectivity index (χ4n) is 3.16. The largest absolute Gasteiger partial charge is 0.463 e. The molecule has 0 aliphatic carbocycles. The van der Waals surface area contributed by atoms with Crippen LogP contribution in [0.3, 0.4) is 0 Å². The minimum atomic E-state index is -0.731. The molecule has 0 saturated carbocycles. The molecule has 3 amide bonds. The number of anilines is 1. The molecule has 3 rings (SSSR count). The molecule has 0 unspecified atom stereocenters. The molecule has 9 nitrogen and oxygen atoms in total. The van der Waals surface area contributed by atoms with Gasteiger partial charge in [-0.15, -0.1) is 0 Å². The summed E-state index contributed by atoms with van der Waals surface area (Å²) >= 11 is 0. The molecule has 32 heavy (non-hydrogen) atoms. The van der Waals surface area contributed by atoms with Gasteiger partial charge in [0.25, 0.3) is 5.91 Å². The summed E-state index contributed by atoms with van der Waals surface area (Å²) in [4.78, 5) is 49.3. The van der Waals surface area contributed by atoms with Crippen LogP contribution in [0.25, 0.3) is 0 Å². The molecule has 1 aliphatic rings. The highest BCUT2D eigenvalue weighted by Gasteiger charge is 2.30. The Morgan fingerprint density at radius 1 is 0.969 bits per heavy atom. The number of ether oxygens (including phenoxy) is 2. The normalized spacial score (nSPS) is 15.3. The molecule has 1 heterocycles. The molecule has 0 radical (unpaired) electrons. The quantitative estimate of drug-likeness (QED) is 0.572. The van der Waals surface area contributed by atoms with Crippen molar-refractivity contribution in [1.82, 2.24) is 10.6 Å². The minimum absolute atomic E-state index is 0.128. The number of nitrogens with one attached hydrogen (secondary N) is 3. The lowest BCUT2D eigenvalue weighted by Crippen LogP contribution is -2.50. The zero-order valence-electron chi connectivity index (χ0n) is 17.6. The van der Waals surface area contributed by atoms with E-state index >= 15 is 0 Å². The third kappa shape index (κ3) is 5.31. The summed E-state index contributed by atoms with van der Waals surface area (Å²) in [5, 5.41) is 7.76. The Hall–Kier alpha value is -4.14. The second-order valence-electron chi connectivity index (χ2n) is 6.87. The number of benzene rings is 2. The maximum Gasteiger partial charge on any atom is 0.340 e. The number of hydrogen-bond donors (Lipinski definition) is 3. The van der Waals surface area contributed by atoms with Gasteiger partial charge in [0.1, 0.15) is 6.61 Å². The first-order valence-electron chi connectivity index (χ1n) is 10.0. The fraction of sp³-hybridized carbons (Fsp3) is 0.217. The number of carbonyl (C=O) groups is 4. The molecule has 1 atom stereocenters. The number of urea groups is 1. The highest BCUT2D eigenvalue weighted by atomic mass is 16.5. The summed E-state index contributed by atoms with van der Waals surface area (Å²) in [5.41, 5.74) is 1.15. The number of amides is 3. The van der Waals surface area contributed by atoms with Crippen molar-refractivity contribution in [3.8, 4) is 0 Å². The van der Waals surface area contributed by atoms with Crippen molar-refractivity contribution >= 4 is 29.6 Å². The van der Waals surface area contributed by atoms with Crippen LogP contribution in [0, 0.1) is 0 Å². The van der Waals surface area contributed by atoms with Crippen molar-refractivity contribution in [1.29, 1.82) is 0 Å². The molecule has 0 saturated heterocycles. The monoisotopic (exact) mass is 437 g/mol. The highest BCUT2D eigenvalue weighted by Crippen LogP contribution is 2.19. The van der Waals surface area contributed by atoms with Gasteiger partial charge in [0.05, 0.1) is 35.2 Å². The van der Waals surface area contributed by atoms with E-state index in [0.29, 0.717) is 5.56 Å². The average molecular weight is 437 g/mol. The van der Waals surface area contributed by atoms with Gasteiger partial charge in [0.2, 0.25) is 0 Å². The average Bonchev–Trinajstić information content (AvgIpc) is 2.78. The molecular weight excluding hydrogens is 414 g/mol. The molecule has 0 spiro atoms. The molecule has 9 heteroatoms. The summed E-state index contributed by atoms with van der Waals surface area (Å²) in [6.45, 7) is 3.09. The van der Waals surface area contributed by atoms with Crippen LogP contribution in [0.15, 0.2) is 65.9 Å². The summed E-state index contributed by atoms with van der Waals surface area (Å²) < 4.78 is 10.4. The number of esters is 2. The lowest BCUT2D eigenvalue weighted by atomic mass is 10.0. The summed E-state index contributed by atoms with van der Waals surface area (Å²) in [7, 11) is 0. The van der Waals surface area contributed by atoms with Crippen LogP contribution < -0.4 is 16.0 Å². The van der Waals surface area contributed by atoms with E-state index in [1.807, 2.05) is 0 Å². The third-order valence-electron chi connectivity index (χ3n) is 4.64. The van der Waals surface area contributed by atoms with Gasteiger partial charge in [-0.05, 0) is 38.1 Å². The van der Waals surface area contributed by atoms with E-state index in [4.69, 9.17) is 9.47 Å². The van der Waals surface area contributed by atoms with Crippen LogP contribution in [-0.2, 0) is 14.3 Å². The van der Waals surface area contributed by atoms with Crippen molar-refractivity contribution in [3.63, 3.8) is 0 Å². The van der Waals surface area contributed by atoms with Crippen LogP contribution >= 0.6 is 0 Å². The Labute approximate surface area is 184 Å². The Balaban J connectivity index is 1.77. The van der Waals surface area contributed by atoms with Gasteiger partial charge in [-0.2, -0.15) is 0 Å². The van der Waals surface area contributed by atoms with Crippen LogP contribution in [0.2, 0.25) is 0 Å². The molecule has 0 fully saturated rings. The van der Waals surface area contributed by atoms with E-state index < -0.39 is 24.0 Å². The second kappa shape index (κ2) is 10.3. The van der Waals surface area contributed by atoms with Gasteiger partial charge < -0.3 is 25.4 Å². The third-order valence-corrected chi connectivity index (χ3v) is 4.64. The summed E-state index contributed by atoms with van der Waals surface area (Å²) in [6.07, 6.45) is 0. The zero-order valence-corrected chi connectivity index (χ0v) is 17.6. The fourth-order valence-corrected chi connectivity index (χ4v) is 3.16. The van der Waals surface area contributed by atoms with Crippen molar-refractivity contribution in [2.24, 2.45) is 0 Å². The highest BCUT2D eigenvalue weighted by molar-refractivity contribution is 6.08. The number of carbonyl (C=O) groups excluding carboxylic acids is 4. The first kappa shape index (κ1) is 22.5. The molecule has 0 bridgehead atoms. The van der Waals surface area contributed by atoms with Crippen molar-refractivity contribution in [3.05, 3.63) is 77.0 Å². The lowest BCUT2D eigenvalue weighted by molar-refractivity contribution is -0.139. The predicted molar refractivity (Wildman–Crippen MR) is 116 cm³/mol. The molecule has 3 N–H and O–H groups in total. The van der Waals surface area contributed by atoms with Crippen molar-refractivity contribution in [2.45, 2.75) is 19.9 Å². The first-order chi connectivity index (χ1) is 15.4. The van der Waals surface area contributed by atoms with Crippen LogP contribution in [0.5, 0.6) is 0 Å². The molecule has 2 aromatic carbocycles. The minimum Gasteiger partial charge on any atom is -0.463 e. The van der Waals surface area contributed by atoms with Gasteiger partial charge in [-0.25, -0.2) is 14.4 Å². The number of para-hydroxylation sites is 1. The summed E-state index contributed by atoms with van der Waals surface area (Å²) in [5.74, 6) is -1.73. The van der Waals surface area contributed by atoms with Gasteiger partial charge >= 0.3 is 18.0 Å². The maximum atomic E-state index is 12.8. The molecule has 1 aliphatic heterocycles. The van der Waals surface area contributed by atoms with Crippen LogP contribution in [-0.4, -0.2) is 43.1 Å². The van der Waals surface area contributed by atoms with E-state index in [1.165, 1.54) is 6.07 Å². The van der Waals surface area contributed by atoms with E-state index in [1.54, 1.807) is 62.4 Å². The zero-order chi connectivity index (χ0) is 23.1. The van der Waals surface area contributed by atoms with Crippen molar-refractivity contribution < 1.29 is 28.7 Å².